The molecule has 0 aliphatic rings. The third-order valence-electron chi connectivity index (χ3n) is 1.77. The van der Waals surface area contributed by atoms with Crippen molar-refractivity contribution in [1.29, 1.82) is 0 Å². The van der Waals surface area contributed by atoms with E-state index >= 15 is 0 Å². The van der Waals surface area contributed by atoms with E-state index in [1.807, 2.05) is 0 Å². The minimum atomic E-state index is -0.364. The number of benzene rings is 1. The van der Waals surface area contributed by atoms with Crippen molar-refractivity contribution in [2.24, 2.45) is 0 Å². The van der Waals surface area contributed by atoms with E-state index < -0.39 is 0 Å². The lowest BCUT2D eigenvalue weighted by Gasteiger charge is -2.01. The maximum atomic E-state index is 13.2. The summed E-state index contributed by atoms with van der Waals surface area (Å²) in [5.41, 5.74) is 0.537. The SMILES string of the molecule is Cc1nnc(-c2cccc(F)c2Br)nn1. The van der Waals surface area contributed by atoms with Gasteiger partial charge in [0, 0.05) is 5.56 Å². The highest BCUT2D eigenvalue weighted by Crippen LogP contribution is 2.26. The average Bonchev–Trinajstić information content (AvgIpc) is 2.24. The maximum Gasteiger partial charge on any atom is 0.204 e. The number of hydrogen-bond acceptors (Lipinski definition) is 4. The lowest BCUT2D eigenvalue weighted by Crippen LogP contribution is -1.99. The van der Waals surface area contributed by atoms with Gasteiger partial charge in [0.1, 0.15) is 5.82 Å². The Morgan fingerprint density at radius 2 is 1.80 bits per heavy atom. The summed E-state index contributed by atoms with van der Waals surface area (Å²) in [4.78, 5) is 0. The molecule has 76 valence electrons. The molecule has 0 aliphatic carbocycles. The number of nitrogens with zero attached hydrogens (tertiary/aromatic N) is 4. The summed E-state index contributed by atoms with van der Waals surface area (Å²) >= 11 is 3.12. The van der Waals surface area contributed by atoms with Crippen LogP contribution in [-0.4, -0.2) is 20.4 Å². The Hall–Kier alpha value is -1.43. The van der Waals surface area contributed by atoms with Crippen LogP contribution in [0.4, 0.5) is 4.39 Å². The van der Waals surface area contributed by atoms with Gasteiger partial charge in [-0.15, -0.1) is 20.4 Å². The van der Waals surface area contributed by atoms with Gasteiger partial charge in [0.25, 0.3) is 0 Å². The molecule has 0 N–H and O–H groups in total. The highest BCUT2D eigenvalue weighted by atomic mass is 79.9. The van der Waals surface area contributed by atoms with Gasteiger partial charge in [0.2, 0.25) is 5.82 Å². The molecule has 6 heteroatoms. The summed E-state index contributed by atoms with van der Waals surface area (Å²) in [6.07, 6.45) is 0. The van der Waals surface area contributed by atoms with Gasteiger partial charge < -0.3 is 0 Å². The zero-order valence-corrected chi connectivity index (χ0v) is 9.36. The van der Waals surface area contributed by atoms with Crippen LogP contribution >= 0.6 is 15.9 Å². The number of hydrogen-bond donors (Lipinski definition) is 0. The molecule has 4 nitrogen and oxygen atoms in total. The molecule has 1 heterocycles. The fourth-order valence-corrected chi connectivity index (χ4v) is 1.51. The summed E-state index contributed by atoms with van der Waals surface area (Å²) in [7, 11) is 0. The third-order valence-corrected chi connectivity index (χ3v) is 2.58. The molecule has 0 unspecified atom stereocenters. The van der Waals surface area contributed by atoms with Crippen LogP contribution in [-0.2, 0) is 0 Å². The first kappa shape index (κ1) is 10.1. The van der Waals surface area contributed by atoms with Gasteiger partial charge in [-0.3, -0.25) is 0 Å². The minimum Gasteiger partial charge on any atom is -0.206 e. The predicted octanol–water partition coefficient (Wildman–Crippen LogP) is 2.14. The highest BCUT2D eigenvalue weighted by molar-refractivity contribution is 9.10. The fourth-order valence-electron chi connectivity index (χ4n) is 1.06. The first-order chi connectivity index (χ1) is 7.18. The van der Waals surface area contributed by atoms with Crippen molar-refractivity contribution in [3.05, 3.63) is 34.3 Å². The van der Waals surface area contributed by atoms with Crippen LogP contribution in [0.3, 0.4) is 0 Å². The molecular weight excluding hydrogens is 263 g/mol. The number of rotatable bonds is 1. The molecule has 0 spiro atoms. The molecule has 1 aromatic carbocycles. The molecule has 0 atom stereocenters. The van der Waals surface area contributed by atoms with Gasteiger partial charge in [-0.1, -0.05) is 6.07 Å². The second-order valence-corrected chi connectivity index (χ2v) is 3.67. The van der Waals surface area contributed by atoms with Gasteiger partial charge in [-0.25, -0.2) is 4.39 Å². The van der Waals surface area contributed by atoms with E-state index in [0.29, 0.717) is 21.7 Å². The first-order valence-corrected chi connectivity index (χ1v) is 4.96. The molecular formula is C9H6BrFN4. The normalized spacial score (nSPS) is 10.3. The zero-order chi connectivity index (χ0) is 10.8. The van der Waals surface area contributed by atoms with Crippen molar-refractivity contribution in [2.45, 2.75) is 6.92 Å². The summed E-state index contributed by atoms with van der Waals surface area (Å²) in [5.74, 6) is 0.412. The Bertz CT molecular complexity index is 486. The van der Waals surface area contributed by atoms with Crippen LogP contribution in [0.15, 0.2) is 22.7 Å². The van der Waals surface area contributed by atoms with Crippen LogP contribution in [0, 0.1) is 12.7 Å². The summed E-state index contributed by atoms with van der Waals surface area (Å²) in [5, 5.41) is 15.2. The Kier molecular flexibility index (Phi) is 2.68. The van der Waals surface area contributed by atoms with Crippen molar-refractivity contribution >= 4 is 15.9 Å². The lowest BCUT2D eigenvalue weighted by atomic mass is 10.2. The Labute approximate surface area is 93.7 Å². The van der Waals surface area contributed by atoms with Gasteiger partial charge >= 0.3 is 0 Å². The molecule has 0 radical (unpaired) electrons. The highest BCUT2D eigenvalue weighted by Gasteiger charge is 2.10. The molecule has 0 amide bonds. The van der Waals surface area contributed by atoms with E-state index in [9.17, 15) is 4.39 Å². The first-order valence-electron chi connectivity index (χ1n) is 4.17. The molecule has 15 heavy (non-hydrogen) atoms. The van der Waals surface area contributed by atoms with E-state index in [4.69, 9.17) is 0 Å². The smallest absolute Gasteiger partial charge is 0.204 e. The lowest BCUT2D eigenvalue weighted by molar-refractivity contribution is 0.621. The second kappa shape index (κ2) is 3.98. The number of aromatic nitrogens is 4. The molecule has 0 saturated heterocycles. The summed E-state index contributed by atoms with van der Waals surface area (Å²) in [6, 6.07) is 4.63. The van der Waals surface area contributed by atoms with Crippen molar-refractivity contribution in [3.63, 3.8) is 0 Å². The zero-order valence-electron chi connectivity index (χ0n) is 7.78. The Morgan fingerprint density at radius 3 is 2.47 bits per heavy atom. The molecule has 2 rings (SSSR count). The van der Waals surface area contributed by atoms with Gasteiger partial charge in [-0.2, -0.15) is 0 Å². The van der Waals surface area contributed by atoms with Gasteiger partial charge in [0.05, 0.1) is 4.47 Å². The van der Waals surface area contributed by atoms with E-state index in [1.165, 1.54) is 6.07 Å². The molecule has 0 bridgehead atoms. The quantitative estimate of drug-likeness (QED) is 0.795. The van der Waals surface area contributed by atoms with Crippen LogP contribution in [0.5, 0.6) is 0 Å². The topological polar surface area (TPSA) is 51.6 Å². The molecule has 0 saturated carbocycles. The number of halogens is 2. The third kappa shape index (κ3) is 1.99. The summed E-state index contributed by atoms with van der Waals surface area (Å²) < 4.78 is 13.5. The van der Waals surface area contributed by atoms with Crippen molar-refractivity contribution in [3.8, 4) is 11.4 Å². The average molecular weight is 269 g/mol. The summed E-state index contributed by atoms with van der Waals surface area (Å²) in [6.45, 7) is 1.68. The van der Waals surface area contributed by atoms with Crippen molar-refractivity contribution in [2.75, 3.05) is 0 Å². The molecule has 0 aliphatic heterocycles. The standard InChI is InChI=1S/C9H6BrFN4/c1-5-12-14-9(15-13-5)6-3-2-4-7(11)8(6)10/h2-4H,1H3. The van der Waals surface area contributed by atoms with Crippen LogP contribution in [0.1, 0.15) is 5.82 Å². The Morgan fingerprint density at radius 1 is 1.13 bits per heavy atom. The van der Waals surface area contributed by atoms with Crippen LogP contribution in [0.25, 0.3) is 11.4 Å². The molecule has 1 aromatic heterocycles. The van der Waals surface area contributed by atoms with E-state index in [0.717, 1.165) is 0 Å². The maximum absolute atomic E-state index is 13.2. The van der Waals surface area contributed by atoms with Gasteiger partial charge in [-0.05, 0) is 35.0 Å². The van der Waals surface area contributed by atoms with E-state index in [1.54, 1.807) is 19.1 Å². The van der Waals surface area contributed by atoms with Crippen molar-refractivity contribution in [1.82, 2.24) is 20.4 Å². The van der Waals surface area contributed by atoms with Crippen LogP contribution < -0.4 is 0 Å². The second-order valence-electron chi connectivity index (χ2n) is 2.87. The van der Waals surface area contributed by atoms with Crippen LogP contribution in [0.2, 0.25) is 0 Å². The molecule has 2 aromatic rings. The van der Waals surface area contributed by atoms with Gasteiger partial charge in [0.15, 0.2) is 5.82 Å². The fraction of sp³-hybridized carbons (Fsp3) is 0.111. The Balaban J connectivity index is 2.54. The minimum absolute atomic E-state index is 0.298. The van der Waals surface area contributed by atoms with E-state index in [2.05, 4.69) is 36.3 Å². The number of aryl methyl sites for hydroxylation is 1. The molecule has 0 fully saturated rings. The monoisotopic (exact) mass is 268 g/mol. The van der Waals surface area contributed by atoms with E-state index in [-0.39, 0.29) is 5.82 Å². The van der Waals surface area contributed by atoms with Crippen molar-refractivity contribution < 1.29 is 4.39 Å². The predicted molar refractivity (Wildman–Crippen MR) is 55.5 cm³/mol. The largest absolute Gasteiger partial charge is 0.206 e.